The average Bonchev–Trinajstić information content (AvgIpc) is 2.96. The van der Waals surface area contributed by atoms with E-state index in [2.05, 4.69) is 24.2 Å². The Morgan fingerprint density at radius 1 is 1.04 bits per heavy atom. The minimum absolute atomic E-state index is 0.0307. The molecule has 0 aliphatic heterocycles. The molecule has 3 aromatic rings. The van der Waals surface area contributed by atoms with Gasteiger partial charge >= 0.3 is 0 Å². The molecule has 0 aliphatic rings. The summed E-state index contributed by atoms with van der Waals surface area (Å²) in [7, 11) is 0. The van der Waals surface area contributed by atoms with Crippen molar-refractivity contribution in [2.45, 2.75) is 20.8 Å². The Balaban J connectivity index is 2.05. The number of rotatable bonds is 3. The molecule has 23 heavy (non-hydrogen) atoms. The highest BCUT2D eigenvalue weighted by atomic mass is 16.6. The van der Waals surface area contributed by atoms with Crippen LogP contribution in [0.3, 0.4) is 0 Å². The second-order valence-electron chi connectivity index (χ2n) is 5.66. The first-order valence-electron chi connectivity index (χ1n) is 7.25. The molecule has 0 unspecified atom stereocenters. The van der Waals surface area contributed by atoms with Crippen LogP contribution in [0.1, 0.15) is 16.7 Å². The van der Waals surface area contributed by atoms with Crippen molar-refractivity contribution in [1.29, 1.82) is 0 Å². The highest BCUT2D eigenvalue weighted by Gasteiger charge is 2.15. The summed E-state index contributed by atoms with van der Waals surface area (Å²) in [6.45, 7) is 6.13. The van der Waals surface area contributed by atoms with Gasteiger partial charge in [-0.1, -0.05) is 35.0 Å². The number of nitro benzene ring substituents is 1. The van der Waals surface area contributed by atoms with Gasteiger partial charge < -0.3 is 4.52 Å². The molecule has 2 aromatic carbocycles. The van der Waals surface area contributed by atoms with Crippen LogP contribution >= 0.6 is 0 Å². The number of non-ortho nitro benzene ring substituents is 1. The number of aryl methyl sites for hydroxylation is 3. The van der Waals surface area contributed by atoms with E-state index in [0.29, 0.717) is 11.3 Å². The Kier molecular flexibility index (Phi) is 3.70. The van der Waals surface area contributed by atoms with E-state index in [4.69, 9.17) is 4.52 Å². The fourth-order valence-corrected chi connectivity index (χ4v) is 2.89. The minimum atomic E-state index is -0.422. The molecule has 0 saturated carbocycles. The molecule has 0 aliphatic carbocycles. The van der Waals surface area contributed by atoms with Crippen molar-refractivity contribution < 1.29 is 9.45 Å². The van der Waals surface area contributed by atoms with Crippen molar-refractivity contribution >= 4 is 5.69 Å². The molecule has 0 saturated heterocycles. The number of benzene rings is 2. The van der Waals surface area contributed by atoms with E-state index in [-0.39, 0.29) is 5.69 Å². The molecule has 0 amide bonds. The summed E-state index contributed by atoms with van der Waals surface area (Å²) in [4.78, 5) is 10.5. The monoisotopic (exact) mass is 308 g/mol. The van der Waals surface area contributed by atoms with Crippen LogP contribution in [-0.2, 0) is 0 Å². The first-order valence-corrected chi connectivity index (χ1v) is 7.25. The van der Waals surface area contributed by atoms with Crippen molar-refractivity contribution in [3.63, 3.8) is 0 Å². The van der Waals surface area contributed by atoms with Crippen LogP contribution in [0, 0.1) is 30.9 Å². The molecule has 0 fully saturated rings. The fourth-order valence-electron chi connectivity index (χ4n) is 2.89. The van der Waals surface area contributed by atoms with E-state index in [1.807, 2.05) is 19.9 Å². The van der Waals surface area contributed by atoms with Gasteiger partial charge in [-0.2, -0.15) is 0 Å². The van der Waals surface area contributed by atoms with E-state index < -0.39 is 4.92 Å². The van der Waals surface area contributed by atoms with Crippen molar-refractivity contribution in [1.82, 2.24) is 5.16 Å². The SMILES string of the molecule is Cc1cc(C)c(-c2cc(-c3cccc([N+](=O)[O-])c3)on2)c(C)c1. The largest absolute Gasteiger partial charge is 0.356 e. The fraction of sp³-hybridized carbons (Fsp3) is 0.167. The van der Waals surface area contributed by atoms with E-state index >= 15 is 0 Å². The Hall–Kier alpha value is -2.95. The zero-order valence-corrected chi connectivity index (χ0v) is 13.2. The standard InChI is InChI=1S/C18H16N2O3/c1-11-7-12(2)18(13(3)8-11)16-10-17(23-19-16)14-5-4-6-15(9-14)20(21)22/h4-10H,1-3H3. The molecule has 0 bridgehead atoms. The van der Waals surface area contributed by atoms with Gasteiger partial charge in [-0.25, -0.2) is 0 Å². The van der Waals surface area contributed by atoms with Crippen LogP contribution in [0.25, 0.3) is 22.6 Å². The van der Waals surface area contributed by atoms with Gasteiger partial charge in [0.05, 0.1) is 4.92 Å². The predicted molar refractivity (Wildman–Crippen MR) is 88.2 cm³/mol. The molecule has 0 radical (unpaired) electrons. The van der Waals surface area contributed by atoms with Gasteiger partial charge in [-0.3, -0.25) is 10.1 Å². The molecule has 5 heteroatoms. The Morgan fingerprint density at radius 3 is 2.39 bits per heavy atom. The number of hydrogen-bond acceptors (Lipinski definition) is 4. The van der Waals surface area contributed by atoms with E-state index in [1.165, 1.54) is 17.7 Å². The van der Waals surface area contributed by atoms with Crippen molar-refractivity contribution in [2.75, 3.05) is 0 Å². The van der Waals surface area contributed by atoms with E-state index in [9.17, 15) is 10.1 Å². The van der Waals surface area contributed by atoms with Gasteiger partial charge in [0.2, 0.25) is 0 Å². The minimum Gasteiger partial charge on any atom is -0.356 e. The lowest BCUT2D eigenvalue weighted by atomic mass is 9.97. The lowest BCUT2D eigenvalue weighted by Gasteiger charge is -2.07. The maximum Gasteiger partial charge on any atom is 0.270 e. The smallest absolute Gasteiger partial charge is 0.270 e. The number of aromatic nitrogens is 1. The van der Waals surface area contributed by atoms with Crippen LogP contribution in [-0.4, -0.2) is 10.1 Å². The summed E-state index contributed by atoms with van der Waals surface area (Å²) >= 11 is 0. The topological polar surface area (TPSA) is 69.2 Å². The third-order valence-corrected chi connectivity index (χ3v) is 3.78. The lowest BCUT2D eigenvalue weighted by molar-refractivity contribution is -0.384. The molecule has 5 nitrogen and oxygen atoms in total. The van der Waals surface area contributed by atoms with Crippen LogP contribution < -0.4 is 0 Å². The van der Waals surface area contributed by atoms with Crippen molar-refractivity contribution in [3.05, 3.63) is 69.3 Å². The van der Waals surface area contributed by atoms with Gasteiger partial charge in [0.1, 0.15) is 5.69 Å². The normalized spacial score (nSPS) is 10.7. The predicted octanol–water partition coefficient (Wildman–Crippen LogP) is 4.84. The Bertz CT molecular complexity index is 874. The lowest BCUT2D eigenvalue weighted by Crippen LogP contribution is -1.89. The van der Waals surface area contributed by atoms with Crippen LogP contribution in [0.2, 0.25) is 0 Å². The molecule has 0 spiro atoms. The highest BCUT2D eigenvalue weighted by molar-refractivity contribution is 5.72. The summed E-state index contributed by atoms with van der Waals surface area (Å²) in [6, 6.07) is 12.4. The van der Waals surface area contributed by atoms with Crippen molar-refractivity contribution in [2.24, 2.45) is 0 Å². The third-order valence-electron chi connectivity index (χ3n) is 3.78. The first kappa shape index (κ1) is 15.0. The molecule has 0 N–H and O–H groups in total. The molecular formula is C18H16N2O3. The van der Waals surface area contributed by atoms with Gasteiger partial charge in [0.25, 0.3) is 5.69 Å². The van der Waals surface area contributed by atoms with Gasteiger partial charge in [-0.15, -0.1) is 0 Å². The molecule has 0 atom stereocenters. The second kappa shape index (κ2) is 5.68. The molecular weight excluding hydrogens is 292 g/mol. The summed E-state index contributed by atoms with van der Waals surface area (Å²) in [5, 5.41) is 15.0. The van der Waals surface area contributed by atoms with Gasteiger partial charge in [-0.05, 0) is 31.9 Å². The summed E-state index contributed by atoms with van der Waals surface area (Å²) < 4.78 is 5.41. The van der Waals surface area contributed by atoms with Crippen molar-refractivity contribution in [3.8, 4) is 22.6 Å². The summed E-state index contributed by atoms with van der Waals surface area (Å²) in [5.41, 5.74) is 5.90. The summed E-state index contributed by atoms with van der Waals surface area (Å²) in [6.07, 6.45) is 0. The second-order valence-corrected chi connectivity index (χ2v) is 5.66. The highest BCUT2D eigenvalue weighted by Crippen LogP contribution is 2.32. The molecule has 3 rings (SSSR count). The zero-order chi connectivity index (χ0) is 16.6. The van der Waals surface area contributed by atoms with Crippen LogP contribution in [0.5, 0.6) is 0 Å². The third kappa shape index (κ3) is 2.85. The summed E-state index contributed by atoms with van der Waals surface area (Å²) in [5.74, 6) is 0.517. The zero-order valence-electron chi connectivity index (χ0n) is 13.2. The maximum atomic E-state index is 10.9. The quantitative estimate of drug-likeness (QED) is 0.512. The number of hydrogen-bond donors (Lipinski definition) is 0. The van der Waals surface area contributed by atoms with Crippen LogP contribution in [0.4, 0.5) is 5.69 Å². The van der Waals surface area contributed by atoms with Crippen LogP contribution in [0.15, 0.2) is 47.0 Å². The van der Waals surface area contributed by atoms with Gasteiger partial charge in [0, 0.05) is 29.3 Å². The van der Waals surface area contributed by atoms with E-state index in [0.717, 1.165) is 22.4 Å². The molecule has 1 aromatic heterocycles. The Labute approximate surface area is 133 Å². The van der Waals surface area contributed by atoms with E-state index in [1.54, 1.807) is 12.1 Å². The Morgan fingerprint density at radius 2 is 1.74 bits per heavy atom. The maximum absolute atomic E-state index is 10.9. The van der Waals surface area contributed by atoms with Gasteiger partial charge in [0.15, 0.2) is 5.76 Å². The molecule has 116 valence electrons. The average molecular weight is 308 g/mol. The number of nitrogens with zero attached hydrogens (tertiary/aromatic N) is 2. The molecule has 1 heterocycles. The number of nitro groups is 1. The first-order chi connectivity index (χ1) is 11.0.